The van der Waals surface area contributed by atoms with Crippen molar-refractivity contribution in [3.8, 4) is 23.0 Å². The molecule has 0 saturated carbocycles. The van der Waals surface area contributed by atoms with Gasteiger partial charge in [-0.1, -0.05) is 46.4 Å². The first-order valence-corrected chi connectivity index (χ1v) is 17.9. The number of carboxylic acid groups (broad SMARTS) is 4. The number of aliphatic carboxylic acids is 4. The molecule has 0 heterocycles. The Hall–Kier alpha value is -4.88. The fourth-order valence-electron chi connectivity index (χ4n) is 3.36. The summed E-state index contributed by atoms with van der Waals surface area (Å²) in [6.07, 6.45) is 0. The van der Waals surface area contributed by atoms with E-state index >= 15 is 0 Å². The van der Waals surface area contributed by atoms with Gasteiger partial charge in [0.2, 0.25) is 0 Å². The SMILES string of the molecule is CC(C)(Oc1ccc(Cl)cc1)C(=O)O.CC(C)(Oc1ccc(Cl)cc1)C(=O)O.CC(C)(Oc1ccc(Cl)cc1)C(=O)O.CC(C)(Oc1ccc(Cl)cc1)C(=O)O. The number of ether oxygens (including phenoxy) is 4. The molecule has 4 rings (SSSR count). The molecule has 0 atom stereocenters. The topological polar surface area (TPSA) is 186 Å². The average molecular weight is 859 g/mol. The maximum absolute atomic E-state index is 10.7. The minimum absolute atomic E-state index is 0.488. The van der Waals surface area contributed by atoms with Gasteiger partial charge in [-0.3, -0.25) is 0 Å². The summed E-state index contributed by atoms with van der Waals surface area (Å²) in [5.74, 6) is -2.08. The lowest BCUT2D eigenvalue weighted by molar-refractivity contribution is -0.152. The standard InChI is InChI=1S/4C10H11ClO3/c4*1-10(2,9(12)13)14-8-5-3-7(11)4-6-8/h4*3-6H,1-2H3,(H,12,13). The van der Waals surface area contributed by atoms with Crippen LogP contribution in [0.15, 0.2) is 97.1 Å². The van der Waals surface area contributed by atoms with Gasteiger partial charge in [0.05, 0.1) is 0 Å². The van der Waals surface area contributed by atoms with Crippen LogP contribution >= 0.6 is 46.4 Å². The molecule has 12 nitrogen and oxygen atoms in total. The molecule has 0 fully saturated rings. The average Bonchev–Trinajstić information content (AvgIpc) is 3.09. The lowest BCUT2D eigenvalue weighted by Gasteiger charge is -2.21. The van der Waals surface area contributed by atoms with Crippen LogP contribution in [-0.2, 0) is 19.2 Å². The van der Waals surface area contributed by atoms with Gasteiger partial charge in [-0.05, 0) is 152 Å². The molecule has 0 aromatic heterocycles. The van der Waals surface area contributed by atoms with Crippen molar-refractivity contribution in [1.29, 1.82) is 0 Å². The summed E-state index contributed by atoms with van der Waals surface area (Å²) < 4.78 is 21.0. The van der Waals surface area contributed by atoms with E-state index in [2.05, 4.69) is 0 Å². The maximum atomic E-state index is 10.7. The van der Waals surface area contributed by atoms with Crippen LogP contribution in [0, 0.1) is 0 Å². The zero-order valence-electron chi connectivity index (χ0n) is 31.8. The summed E-state index contributed by atoms with van der Waals surface area (Å²) in [4.78, 5) is 43.0. The number of carbonyl (C=O) groups is 4. The zero-order chi connectivity index (χ0) is 43.1. The highest BCUT2D eigenvalue weighted by molar-refractivity contribution is 6.31. The molecule has 0 amide bonds. The smallest absolute Gasteiger partial charge is 0.347 e. The Labute approximate surface area is 345 Å². The van der Waals surface area contributed by atoms with E-state index in [1.807, 2.05) is 0 Å². The number of benzene rings is 4. The van der Waals surface area contributed by atoms with Gasteiger partial charge in [-0.25, -0.2) is 19.2 Å². The predicted octanol–water partition coefficient (Wildman–Crippen LogP) is 10.3. The van der Waals surface area contributed by atoms with E-state index in [-0.39, 0.29) is 0 Å². The van der Waals surface area contributed by atoms with Gasteiger partial charge < -0.3 is 39.4 Å². The van der Waals surface area contributed by atoms with Crippen molar-refractivity contribution >= 4 is 70.3 Å². The monoisotopic (exact) mass is 856 g/mol. The first-order chi connectivity index (χ1) is 25.7. The van der Waals surface area contributed by atoms with Crippen molar-refractivity contribution < 1.29 is 58.6 Å². The Bertz CT molecular complexity index is 1600. The molecule has 4 aromatic rings. The normalized spacial score (nSPS) is 11.1. The van der Waals surface area contributed by atoms with Crippen molar-refractivity contribution in [3.05, 3.63) is 117 Å². The van der Waals surface area contributed by atoms with Crippen LogP contribution in [0.3, 0.4) is 0 Å². The molecule has 0 saturated heterocycles. The number of hydrogen-bond acceptors (Lipinski definition) is 8. The summed E-state index contributed by atoms with van der Waals surface area (Å²) in [5.41, 5.74) is -4.91. The van der Waals surface area contributed by atoms with Gasteiger partial charge >= 0.3 is 23.9 Å². The highest BCUT2D eigenvalue weighted by atomic mass is 35.5. The zero-order valence-corrected chi connectivity index (χ0v) is 34.8. The third-order valence-electron chi connectivity index (χ3n) is 6.81. The summed E-state index contributed by atoms with van der Waals surface area (Å²) >= 11 is 22.7. The number of rotatable bonds is 12. The van der Waals surface area contributed by atoms with Crippen molar-refractivity contribution in [1.82, 2.24) is 0 Å². The van der Waals surface area contributed by atoms with Crippen molar-refractivity contribution in [2.24, 2.45) is 0 Å². The van der Waals surface area contributed by atoms with Gasteiger partial charge in [0.25, 0.3) is 0 Å². The Kier molecular flexibility index (Phi) is 18.8. The first-order valence-electron chi connectivity index (χ1n) is 16.4. The molecule has 16 heteroatoms. The molecular weight excluding hydrogens is 814 g/mol. The van der Waals surface area contributed by atoms with Crippen LogP contribution in [0.2, 0.25) is 20.1 Å². The fourth-order valence-corrected chi connectivity index (χ4v) is 3.87. The molecule has 4 aromatic carbocycles. The molecule has 0 bridgehead atoms. The highest BCUT2D eigenvalue weighted by Gasteiger charge is 2.31. The fraction of sp³-hybridized carbons (Fsp3) is 0.300. The minimum Gasteiger partial charge on any atom is -0.478 e. The van der Waals surface area contributed by atoms with Gasteiger partial charge in [-0.2, -0.15) is 0 Å². The molecular formula is C40H44Cl4O12. The van der Waals surface area contributed by atoms with Gasteiger partial charge in [0.15, 0.2) is 22.4 Å². The number of halogens is 4. The maximum Gasteiger partial charge on any atom is 0.347 e. The lowest BCUT2D eigenvalue weighted by Crippen LogP contribution is -2.37. The Balaban J connectivity index is 0.000000373. The molecule has 0 aliphatic rings. The summed E-state index contributed by atoms with van der Waals surface area (Å²) in [5, 5.41) is 37.6. The van der Waals surface area contributed by atoms with E-state index in [1.54, 1.807) is 97.1 Å². The second-order valence-corrected chi connectivity index (χ2v) is 15.2. The van der Waals surface area contributed by atoms with E-state index in [0.717, 1.165) is 0 Å². The second kappa shape index (κ2) is 21.4. The van der Waals surface area contributed by atoms with E-state index in [4.69, 9.17) is 85.8 Å². The molecule has 0 aliphatic heterocycles. The van der Waals surface area contributed by atoms with Crippen LogP contribution in [-0.4, -0.2) is 66.7 Å². The molecule has 0 aliphatic carbocycles. The van der Waals surface area contributed by atoms with E-state index in [0.29, 0.717) is 43.1 Å². The van der Waals surface area contributed by atoms with E-state index < -0.39 is 46.3 Å². The predicted molar refractivity (Wildman–Crippen MR) is 215 cm³/mol. The molecule has 0 spiro atoms. The largest absolute Gasteiger partial charge is 0.478 e. The van der Waals surface area contributed by atoms with Crippen LogP contribution in [0.25, 0.3) is 0 Å². The quantitative estimate of drug-likeness (QED) is 0.106. The number of hydrogen-bond donors (Lipinski definition) is 4. The van der Waals surface area contributed by atoms with Crippen molar-refractivity contribution in [2.45, 2.75) is 77.8 Å². The molecule has 0 unspecified atom stereocenters. The second-order valence-electron chi connectivity index (χ2n) is 13.5. The van der Waals surface area contributed by atoms with Gasteiger partial charge in [0, 0.05) is 20.1 Å². The van der Waals surface area contributed by atoms with Crippen molar-refractivity contribution in [3.63, 3.8) is 0 Å². The Morgan fingerprint density at radius 2 is 0.464 bits per heavy atom. The van der Waals surface area contributed by atoms with E-state index in [1.165, 1.54) is 55.4 Å². The lowest BCUT2D eigenvalue weighted by atomic mass is 10.1. The third kappa shape index (κ3) is 18.2. The summed E-state index contributed by atoms with van der Waals surface area (Å²) in [6, 6.07) is 26.2. The van der Waals surface area contributed by atoms with Crippen molar-refractivity contribution in [2.75, 3.05) is 0 Å². The highest BCUT2D eigenvalue weighted by Crippen LogP contribution is 2.24. The molecule has 56 heavy (non-hydrogen) atoms. The number of carboxylic acids is 4. The van der Waals surface area contributed by atoms with E-state index in [9.17, 15) is 19.2 Å². The molecule has 304 valence electrons. The Morgan fingerprint density at radius 3 is 0.571 bits per heavy atom. The third-order valence-corrected chi connectivity index (χ3v) is 7.81. The molecule has 0 radical (unpaired) electrons. The van der Waals surface area contributed by atoms with Gasteiger partial charge in [-0.15, -0.1) is 0 Å². The summed E-state index contributed by atoms with van der Waals surface area (Å²) in [6.45, 7) is 11.9. The Morgan fingerprint density at radius 1 is 0.339 bits per heavy atom. The minimum atomic E-state index is -1.23. The first kappa shape index (κ1) is 49.1. The van der Waals surface area contributed by atoms with Crippen LogP contribution < -0.4 is 18.9 Å². The van der Waals surface area contributed by atoms with Crippen LogP contribution in [0.4, 0.5) is 0 Å². The van der Waals surface area contributed by atoms with Crippen LogP contribution in [0.1, 0.15) is 55.4 Å². The van der Waals surface area contributed by atoms with Gasteiger partial charge in [0.1, 0.15) is 23.0 Å². The summed E-state index contributed by atoms with van der Waals surface area (Å²) in [7, 11) is 0. The van der Waals surface area contributed by atoms with Crippen LogP contribution in [0.5, 0.6) is 23.0 Å². The molecule has 4 N–H and O–H groups in total.